The standard InChI is InChI=1S/C20H25NO/c1-4-5-6-17-9-11-19(12-10-17)21-20(22)14-18-8-7-15(2)16(3)13-18/h7-13H,4-6,14H2,1-3H3,(H,21,22). The van der Waals surface area contributed by atoms with Crippen LogP contribution in [0.3, 0.4) is 0 Å². The zero-order valence-corrected chi connectivity index (χ0v) is 13.8. The molecule has 116 valence electrons. The van der Waals surface area contributed by atoms with E-state index in [4.69, 9.17) is 0 Å². The van der Waals surface area contributed by atoms with Crippen molar-refractivity contribution in [2.24, 2.45) is 0 Å². The van der Waals surface area contributed by atoms with E-state index in [1.54, 1.807) is 0 Å². The molecule has 0 aliphatic rings. The van der Waals surface area contributed by atoms with Crippen LogP contribution in [-0.2, 0) is 17.6 Å². The second-order valence-corrected chi connectivity index (χ2v) is 5.94. The molecule has 1 amide bonds. The molecule has 2 rings (SSSR count). The molecule has 0 aliphatic carbocycles. The number of anilines is 1. The quantitative estimate of drug-likeness (QED) is 0.812. The summed E-state index contributed by atoms with van der Waals surface area (Å²) in [7, 11) is 0. The summed E-state index contributed by atoms with van der Waals surface area (Å²) in [4.78, 5) is 12.1. The Balaban J connectivity index is 1.92. The van der Waals surface area contributed by atoms with Crippen LogP contribution in [0.2, 0.25) is 0 Å². The summed E-state index contributed by atoms with van der Waals surface area (Å²) in [5, 5.41) is 2.97. The van der Waals surface area contributed by atoms with Gasteiger partial charge in [0.25, 0.3) is 0 Å². The average molecular weight is 295 g/mol. The van der Waals surface area contributed by atoms with E-state index in [-0.39, 0.29) is 5.91 Å². The van der Waals surface area contributed by atoms with Gasteiger partial charge in [0.2, 0.25) is 5.91 Å². The fourth-order valence-corrected chi connectivity index (χ4v) is 2.44. The number of unbranched alkanes of at least 4 members (excludes halogenated alkanes) is 1. The van der Waals surface area contributed by atoms with Crippen molar-refractivity contribution in [3.8, 4) is 0 Å². The number of amides is 1. The molecule has 0 atom stereocenters. The first kappa shape index (κ1) is 16.3. The largest absolute Gasteiger partial charge is 0.326 e. The van der Waals surface area contributed by atoms with E-state index in [0.717, 1.165) is 17.7 Å². The Kier molecular flexibility index (Phi) is 5.76. The van der Waals surface area contributed by atoms with Gasteiger partial charge in [-0.25, -0.2) is 0 Å². The molecule has 0 aromatic heterocycles. The molecule has 0 fully saturated rings. The zero-order valence-electron chi connectivity index (χ0n) is 13.8. The molecule has 0 unspecified atom stereocenters. The minimum absolute atomic E-state index is 0.0320. The molecule has 1 N–H and O–H groups in total. The third kappa shape index (κ3) is 4.73. The number of rotatable bonds is 6. The first-order valence-electron chi connectivity index (χ1n) is 8.03. The maximum atomic E-state index is 12.1. The number of carbonyl (C=O) groups is 1. The third-order valence-electron chi connectivity index (χ3n) is 3.99. The predicted molar refractivity (Wildman–Crippen MR) is 93.3 cm³/mol. The van der Waals surface area contributed by atoms with Gasteiger partial charge in [0.05, 0.1) is 6.42 Å². The minimum Gasteiger partial charge on any atom is -0.326 e. The van der Waals surface area contributed by atoms with E-state index in [2.05, 4.69) is 50.4 Å². The van der Waals surface area contributed by atoms with Crippen molar-refractivity contribution in [3.63, 3.8) is 0 Å². The van der Waals surface area contributed by atoms with Gasteiger partial charge in [0.1, 0.15) is 0 Å². The maximum Gasteiger partial charge on any atom is 0.228 e. The summed E-state index contributed by atoms with van der Waals surface area (Å²) >= 11 is 0. The lowest BCUT2D eigenvalue weighted by atomic mass is 10.0. The Morgan fingerprint density at radius 3 is 2.27 bits per heavy atom. The lowest BCUT2D eigenvalue weighted by Crippen LogP contribution is -2.14. The molecule has 0 radical (unpaired) electrons. The summed E-state index contributed by atoms with van der Waals surface area (Å²) in [5.41, 5.74) is 5.74. The number of hydrogen-bond acceptors (Lipinski definition) is 1. The van der Waals surface area contributed by atoms with Gasteiger partial charge < -0.3 is 5.32 Å². The minimum atomic E-state index is 0.0320. The summed E-state index contributed by atoms with van der Waals surface area (Å²) < 4.78 is 0. The summed E-state index contributed by atoms with van der Waals surface area (Å²) in [6, 6.07) is 14.4. The van der Waals surface area contributed by atoms with Crippen molar-refractivity contribution in [2.45, 2.75) is 46.5 Å². The lowest BCUT2D eigenvalue weighted by Gasteiger charge is -2.08. The monoisotopic (exact) mass is 295 g/mol. The third-order valence-corrected chi connectivity index (χ3v) is 3.99. The molecule has 0 aliphatic heterocycles. The molecule has 0 saturated carbocycles. The molecule has 2 heteroatoms. The molecular formula is C20H25NO. The molecule has 2 aromatic rings. The van der Waals surface area contributed by atoms with Crippen LogP contribution in [0.15, 0.2) is 42.5 Å². The van der Waals surface area contributed by atoms with Gasteiger partial charge in [-0.2, -0.15) is 0 Å². The number of nitrogens with one attached hydrogen (secondary N) is 1. The van der Waals surface area contributed by atoms with Crippen LogP contribution < -0.4 is 5.32 Å². The Labute approximate surface area is 133 Å². The number of hydrogen-bond donors (Lipinski definition) is 1. The normalized spacial score (nSPS) is 10.5. The fraction of sp³-hybridized carbons (Fsp3) is 0.350. The van der Waals surface area contributed by atoms with Gasteiger partial charge >= 0.3 is 0 Å². The average Bonchev–Trinajstić information content (AvgIpc) is 2.50. The van der Waals surface area contributed by atoms with Crippen LogP contribution in [0.25, 0.3) is 0 Å². The molecule has 0 saturated heterocycles. The number of carbonyl (C=O) groups excluding carboxylic acids is 1. The molecular weight excluding hydrogens is 270 g/mol. The highest BCUT2D eigenvalue weighted by Gasteiger charge is 2.05. The highest BCUT2D eigenvalue weighted by atomic mass is 16.1. The van der Waals surface area contributed by atoms with E-state index in [1.807, 2.05) is 18.2 Å². The van der Waals surface area contributed by atoms with Crippen LogP contribution >= 0.6 is 0 Å². The van der Waals surface area contributed by atoms with E-state index in [9.17, 15) is 4.79 Å². The van der Waals surface area contributed by atoms with Crippen LogP contribution in [-0.4, -0.2) is 5.91 Å². The maximum absolute atomic E-state index is 12.1. The van der Waals surface area contributed by atoms with Crippen LogP contribution in [0.1, 0.15) is 42.0 Å². The van der Waals surface area contributed by atoms with Crippen molar-refractivity contribution >= 4 is 11.6 Å². The first-order chi connectivity index (χ1) is 10.6. The van der Waals surface area contributed by atoms with Gasteiger partial charge in [-0.3, -0.25) is 4.79 Å². The van der Waals surface area contributed by atoms with Crippen molar-refractivity contribution in [1.82, 2.24) is 0 Å². The topological polar surface area (TPSA) is 29.1 Å². The molecule has 2 aromatic carbocycles. The number of benzene rings is 2. The Hall–Kier alpha value is -2.09. The molecule has 0 spiro atoms. The summed E-state index contributed by atoms with van der Waals surface area (Å²) in [6.45, 7) is 6.35. The molecule has 22 heavy (non-hydrogen) atoms. The van der Waals surface area contributed by atoms with Crippen molar-refractivity contribution in [3.05, 3.63) is 64.7 Å². The van der Waals surface area contributed by atoms with Crippen molar-refractivity contribution in [2.75, 3.05) is 5.32 Å². The molecule has 0 bridgehead atoms. The van der Waals surface area contributed by atoms with E-state index in [0.29, 0.717) is 6.42 Å². The zero-order chi connectivity index (χ0) is 15.9. The lowest BCUT2D eigenvalue weighted by molar-refractivity contribution is -0.115. The van der Waals surface area contributed by atoms with E-state index >= 15 is 0 Å². The Morgan fingerprint density at radius 2 is 1.64 bits per heavy atom. The summed E-state index contributed by atoms with van der Waals surface area (Å²) in [6.07, 6.45) is 3.93. The second kappa shape index (κ2) is 7.79. The van der Waals surface area contributed by atoms with Gasteiger partial charge in [-0.1, -0.05) is 43.7 Å². The first-order valence-corrected chi connectivity index (χ1v) is 8.03. The van der Waals surface area contributed by atoms with Gasteiger partial charge in [0, 0.05) is 5.69 Å². The fourth-order valence-electron chi connectivity index (χ4n) is 2.44. The Morgan fingerprint density at radius 1 is 0.955 bits per heavy atom. The van der Waals surface area contributed by atoms with Crippen molar-refractivity contribution < 1.29 is 4.79 Å². The molecule has 2 nitrogen and oxygen atoms in total. The second-order valence-electron chi connectivity index (χ2n) is 5.94. The van der Waals surface area contributed by atoms with E-state index < -0.39 is 0 Å². The summed E-state index contributed by atoms with van der Waals surface area (Å²) in [5.74, 6) is 0.0320. The highest BCUT2D eigenvalue weighted by Crippen LogP contribution is 2.14. The van der Waals surface area contributed by atoms with Gasteiger partial charge in [-0.15, -0.1) is 0 Å². The van der Waals surface area contributed by atoms with E-state index in [1.165, 1.54) is 29.5 Å². The van der Waals surface area contributed by atoms with Crippen LogP contribution in [0.5, 0.6) is 0 Å². The smallest absolute Gasteiger partial charge is 0.228 e. The highest BCUT2D eigenvalue weighted by molar-refractivity contribution is 5.92. The number of aryl methyl sites for hydroxylation is 3. The predicted octanol–water partition coefficient (Wildman–Crippen LogP) is 4.83. The van der Waals surface area contributed by atoms with Crippen LogP contribution in [0.4, 0.5) is 5.69 Å². The van der Waals surface area contributed by atoms with Gasteiger partial charge in [-0.05, 0) is 61.1 Å². The van der Waals surface area contributed by atoms with Gasteiger partial charge in [0.15, 0.2) is 0 Å². The van der Waals surface area contributed by atoms with Crippen LogP contribution in [0, 0.1) is 13.8 Å². The SMILES string of the molecule is CCCCc1ccc(NC(=O)Cc2ccc(C)c(C)c2)cc1. The Bertz CT molecular complexity index is 629. The molecule has 0 heterocycles. The van der Waals surface area contributed by atoms with Crippen molar-refractivity contribution in [1.29, 1.82) is 0 Å².